The highest BCUT2D eigenvalue weighted by Gasteiger charge is 1.94. The Bertz CT molecular complexity index is 482. The van der Waals surface area contributed by atoms with Gasteiger partial charge < -0.3 is 10.6 Å². The molecule has 0 bridgehead atoms. The summed E-state index contributed by atoms with van der Waals surface area (Å²) in [6.07, 6.45) is 2.25. The zero-order chi connectivity index (χ0) is 14.0. The molecule has 2 nitrogen and oxygen atoms in total. The standard InChI is InChI=1S/C17H21FN2/c18-16-8-10-17(11-9-16)20-14-13-19-12-4-7-15-5-2-1-3-6-15/h1-3,5-6,8-11,19-20H,4,7,12-14H2. The molecular formula is C17H21FN2. The first kappa shape index (κ1) is 14.5. The molecule has 20 heavy (non-hydrogen) atoms. The third kappa shape index (κ3) is 5.41. The molecule has 106 valence electrons. The lowest BCUT2D eigenvalue weighted by molar-refractivity contribution is 0.628. The van der Waals surface area contributed by atoms with Crippen molar-refractivity contribution in [2.75, 3.05) is 25.0 Å². The molecule has 0 unspecified atom stereocenters. The van der Waals surface area contributed by atoms with E-state index in [2.05, 4.69) is 34.9 Å². The Balaban J connectivity index is 1.51. The third-order valence-corrected chi connectivity index (χ3v) is 3.14. The predicted octanol–water partition coefficient (Wildman–Crippen LogP) is 3.46. The van der Waals surface area contributed by atoms with E-state index >= 15 is 0 Å². The van der Waals surface area contributed by atoms with Crippen LogP contribution < -0.4 is 10.6 Å². The number of hydrogen-bond acceptors (Lipinski definition) is 2. The van der Waals surface area contributed by atoms with Gasteiger partial charge in [0.05, 0.1) is 0 Å². The Hall–Kier alpha value is -1.87. The van der Waals surface area contributed by atoms with Gasteiger partial charge in [0.15, 0.2) is 0 Å². The van der Waals surface area contributed by atoms with E-state index in [0.717, 1.165) is 38.2 Å². The smallest absolute Gasteiger partial charge is 0.123 e. The molecule has 2 aromatic rings. The van der Waals surface area contributed by atoms with Crippen LogP contribution in [0.2, 0.25) is 0 Å². The fourth-order valence-electron chi connectivity index (χ4n) is 2.05. The maximum atomic E-state index is 12.7. The summed E-state index contributed by atoms with van der Waals surface area (Å²) in [7, 11) is 0. The lowest BCUT2D eigenvalue weighted by Gasteiger charge is -2.08. The minimum atomic E-state index is -0.199. The molecule has 2 rings (SSSR count). The minimum Gasteiger partial charge on any atom is -0.384 e. The molecule has 0 heterocycles. The summed E-state index contributed by atoms with van der Waals surface area (Å²) in [5, 5.41) is 6.65. The Morgan fingerprint density at radius 2 is 1.55 bits per heavy atom. The fourth-order valence-corrected chi connectivity index (χ4v) is 2.05. The van der Waals surface area contributed by atoms with Crippen molar-refractivity contribution in [2.24, 2.45) is 0 Å². The van der Waals surface area contributed by atoms with Crippen molar-refractivity contribution in [1.29, 1.82) is 0 Å². The van der Waals surface area contributed by atoms with Crippen LogP contribution in [0, 0.1) is 5.82 Å². The van der Waals surface area contributed by atoms with E-state index in [0.29, 0.717) is 0 Å². The van der Waals surface area contributed by atoms with Gasteiger partial charge in [0.25, 0.3) is 0 Å². The number of nitrogens with one attached hydrogen (secondary N) is 2. The Kier molecular flexibility index (Phi) is 6.06. The van der Waals surface area contributed by atoms with Crippen LogP contribution in [0.5, 0.6) is 0 Å². The SMILES string of the molecule is Fc1ccc(NCCNCCCc2ccccc2)cc1. The van der Waals surface area contributed by atoms with Crippen molar-refractivity contribution in [3.05, 3.63) is 66.0 Å². The van der Waals surface area contributed by atoms with Crippen LogP contribution in [0.15, 0.2) is 54.6 Å². The summed E-state index contributed by atoms with van der Waals surface area (Å²) < 4.78 is 12.7. The van der Waals surface area contributed by atoms with Crippen LogP contribution in [0.3, 0.4) is 0 Å². The molecule has 2 N–H and O–H groups in total. The first-order valence-corrected chi connectivity index (χ1v) is 7.09. The quantitative estimate of drug-likeness (QED) is 0.719. The Labute approximate surface area is 120 Å². The van der Waals surface area contributed by atoms with Gasteiger partial charge in [-0.3, -0.25) is 0 Å². The van der Waals surface area contributed by atoms with Gasteiger partial charge in [0.1, 0.15) is 5.82 Å². The average molecular weight is 272 g/mol. The van der Waals surface area contributed by atoms with Crippen LogP contribution >= 0.6 is 0 Å². The van der Waals surface area contributed by atoms with Gasteiger partial charge >= 0.3 is 0 Å². The third-order valence-electron chi connectivity index (χ3n) is 3.14. The summed E-state index contributed by atoms with van der Waals surface area (Å²) in [4.78, 5) is 0. The lowest BCUT2D eigenvalue weighted by atomic mass is 10.1. The second kappa shape index (κ2) is 8.33. The van der Waals surface area contributed by atoms with E-state index in [4.69, 9.17) is 0 Å². The fraction of sp³-hybridized carbons (Fsp3) is 0.294. The molecule has 0 aliphatic rings. The number of rotatable bonds is 8. The zero-order valence-electron chi connectivity index (χ0n) is 11.6. The summed E-state index contributed by atoms with van der Waals surface area (Å²) >= 11 is 0. The molecule has 3 heteroatoms. The number of anilines is 1. The second-order valence-electron chi connectivity index (χ2n) is 4.77. The van der Waals surface area contributed by atoms with Gasteiger partial charge in [-0.1, -0.05) is 30.3 Å². The first-order valence-electron chi connectivity index (χ1n) is 7.09. The number of halogens is 1. The second-order valence-corrected chi connectivity index (χ2v) is 4.77. The highest BCUT2D eigenvalue weighted by atomic mass is 19.1. The average Bonchev–Trinajstić information content (AvgIpc) is 2.49. The van der Waals surface area contributed by atoms with E-state index in [1.807, 2.05) is 6.07 Å². The van der Waals surface area contributed by atoms with Crippen LogP contribution in [-0.2, 0) is 6.42 Å². The maximum Gasteiger partial charge on any atom is 0.123 e. The van der Waals surface area contributed by atoms with Crippen molar-refractivity contribution in [1.82, 2.24) is 5.32 Å². The molecule has 0 atom stereocenters. The summed E-state index contributed by atoms with van der Waals surface area (Å²) in [6, 6.07) is 17.0. The van der Waals surface area contributed by atoms with Crippen LogP contribution in [-0.4, -0.2) is 19.6 Å². The van der Waals surface area contributed by atoms with Gasteiger partial charge in [0.2, 0.25) is 0 Å². The number of aryl methyl sites for hydroxylation is 1. The van der Waals surface area contributed by atoms with E-state index in [1.165, 1.54) is 17.7 Å². The maximum absolute atomic E-state index is 12.7. The van der Waals surface area contributed by atoms with Gasteiger partial charge in [-0.15, -0.1) is 0 Å². The van der Waals surface area contributed by atoms with Gasteiger partial charge in [0, 0.05) is 18.8 Å². The van der Waals surface area contributed by atoms with Gasteiger partial charge in [-0.05, 0) is 49.2 Å². The van der Waals surface area contributed by atoms with Crippen molar-refractivity contribution >= 4 is 5.69 Å². The van der Waals surface area contributed by atoms with E-state index in [9.17, 15) is 4.39 Å². The molecule has 0 spiro atoms. The van der Waals surface area contributed by atoms with Gasteiger partial charge in [-0.2, -0.15) is 0 Å². The van der Waals surface area contributed by atoms with E-state index in [1.54, 1.807) is 12.1 Å². The Morgan fingerprint density at radius 3 is 2.30 bits per heavy atom. The molecule has 0 saturated carbocycles. The molecule has 0 radical (unpaired) electrons. The topological polar surface area (TPSA) is 24.1 Å². The monoisotopic (exact) mass is 272 g/mol. The van der Waals surface area contributed by atoms with Crippen molar-refractivity contribution in [3.8, 4) is 0 Å². The number of benzene rings is 2. The summed E-state index contributed by atoms with van der Waals surface area (Å²) in [5.74, 6) is -0.199. The van der Waals surface area contributed by atoms with Crippen molar-refractivity contribution in [2.45, 2.75) is 12.8 Å². The molecule has 0 aliphatic heterocycles. The molecule has 0 fully saturated rings. The summed E-state index contributed by atoms with van der Waals surface area (Å²) in [6.45, 7) is 2.77. The normalized spacial score (nSPS) is 10.4. The van der Waals surface area contributed by atoms with Crippen molar-refractivity contribution in [3.63, 3.8) is 0 Å². The molecular weight excluding hydrogens is 251 g/mol. The molecule has 0 aromatic heterocycles. The molecule has 0 saturated heterocycles. The van der Waals surface area contributed by atoms with E-state index < -0.39 is 0 Å². The van der Waals surface area contributed by atoms with Crippen LogP contribution in [0.4, 0.5) is 10.1 Å². The summed E-state index contributed by atoms with van der Waals surface area (Å²) in [5.41, 5.74) is 2.34. The Morgan fingerprint density at radius 1 is 0.800 bits per heavy atom. The first-order chi connectivity index (χ1) is 9.84. The largest absolute Gasteiger partial charge is 0.384 e. The predicted molar refractivity (Wildman–Crippen MR) is 82.5 cm³/mol. The highest BCUT2D eigenvalue weighted by molar-refractivity contribution is 5.42. The number of hydrogen-bond donors (Lipinski definition) is 2. The van der Waals surface area contributed by atoms with E-state index in [-0.39, 0.29) is 5.82 Å². The van der Waals surface area contributed by atoms with Crippen LogP contribution in [0.25, 0.3) is 0 Å². The molecule has 0 amide bonds. The zero-order valence-corrected chi connectivity index (χ0v) is 11.6. The minimum absolute atomic E-state index is 0.199. The van der Waals surface area contributed by atoms with Crippen LogP contribution in [0.1, 0.15) is 12.0 Å². The molecule has 0 aliphatic carbocycles. The van der Waals surface area contributed by atoms with Gasteiger partial charge in [-0.25, -0.2) is 4.39 Å². The molecule has 2 aromatic carbocycles. The lowest BCUT2D eigenvalue weighted by Crippen LogP contribution is -2.23. The highest BCUT2D eigenvalue weighted by Crippen LogP contribution is 2.07. The van der Waals surface area contributed by atoms with Crippen molar-refractivity contribution < 1.29 is 4.39 Å².